The van der Waals surface area contributed by atoms with E-state index >= 15 is 0 Å². The van der Waals surface area contributed by atoms with Gasteiger partial charge in [0.1, 0.15) is 5.75 Å². The van der Waals surface area contributed by atoms with Crippen LogP contribution in [0.1, 0.15) is 12.0 Å². The van der Waals surface area contributed by atoms with Crippen LogP contribution in [0, 0.1) is 6.92 Å². The Balaban J connectivity index is 1.74. The molecule has 2 aromatic rings. The third-order valence-corrected chi connectivity index (χ3v) is 3.58. The molecule has 0 N–H and O–H groups in total. The molecule has 0 aromatic heterocycles. The maximum Gasteiger partial charge on any atom is 0.312 e. The summed E-state index contributed by atoms with van der Waals surface area (Å²) in [5.74, 6) is 1.15. The summed E-state index contributed by atoms with van der Waals surface area (Å²) in [4.78, 5) is 12.8. The molecule has 0 unspecified atom stereocenters. The van der Waals surface area contributed by atoms with Gasteiger partial charge in [-0.05, 0) is 31.2 Å². The highest BCUT2D eigenvalue weighted by molar-refractivity contribution is 7.99. The Morgan fingerprint density at radius 3 is 2.42 bits per heavy atom. The van der Waals surface area contributed by atoms with E-state index in [-0.39, 0.29) is 5.97 Å². The van der Waals surface area contributed by atoms with E-state index in [1.165, 1.54) is 10.5 Å². The van der Waals surface area contributed by atoms with Gasteiger partial charge in [0.25, 0.3) is 0 Å². The lowest BCUT2D eigenvalue weighted by atomic mass is 10.2. The summed E-state index contributed by atoms with van der Waals surface area (Å²) in [6, 6.07) is 17.5. The first-order chi connectivity index (χ1) is 9.24. The Hall–Kier alpha value is -1.74. The summed E-state index contributed by atoms with van der Waals surface area (Å²) < 4.78 is 5.22. The number of para-hydroxylation sites is 1. The van der Waals surface area contributed by atoms with Crippen molar-refractivity contribution >= 4 is 17.7 Å². The third kappa shape index (κ3) is 4.79. The van der Waals surface area contributed by atoms with Crippen molar-refractivity contribution in [1.29, 1.82) is 0 Å². The number of aryl methyl sites for hydroxylation is 1. The Bertz CT molecular complexity index is 520. The normalized spacial score (nSPS) is 10.2. The summed E-state index contributed by atoms with van der Waals surface area (Å²) >= 11 is 1.67. The van der Waals surface area contributed by atoms with Crippen LogP contribution in [0.15, 0.2) is 59.5 Å². The zero-order chi connectivity index (χ0) is 13.5. The molecule has 0 aliphatic carbocycles. The van der Waals surface area contributed by atoms with Gasteiger partial charge >= 0.3 is 5.97 Å². The number of hydrogen-bond donors (Lipinski definition) is 0. The molecule has 98 valence electrons. The molecule has 0 saturated heterocycles. The van der Waals surface area contributed by atoms with Gasteiger partial charge in [0.05, 0.1) is 6.42 Å². The molecule has 0 radical (unpaired) electrons. The SMILES string of the molecule is Cc1ccc(SCCC(=O)Oc2ccccc2)cc1. The van der Waals surface area contributed by atoms with E-state index in [0.29, 0.717) is 12.2 Å². The van der Waals surface area contributed by atoms with Crippen LogP contribution in [0.3, 0.4) is 0 Å². The lowest BCUT2D eigenvalue weighted by molar-refractivity contribution is -0.133. The molecule has 0 aliphatic rings. The second-order valence-corrected chi connectivity index (χ2v) is 5.37. The molecule has 0 heterocycles. The smallest absolute Gasteiger partial charge is 0.312 e. The first-order valence-corrected chi connectivity index (χ1v) is 7.18. The number of rotatable bonds is 5. The molecule has 0 amide bonds. The van der Waals surface area contributed by atoms with Crippen molar-refractivity contribution in [3.8, 4) is 5.75 Å². The van der Waals surface area contributed by atoms with Crippen molar-refractivity contribution in [2.75, 3.05) is 5.75 Å². The maximum absolute atomic E-state index is 11.6. The molecule has 0 spiro atoms. The van der Waals surface area contributed by atoms with Crippen LogP contribution in [0.4, 0.5) is 0 Å². The van der Waals surface area contributed by atoms with E-state index in [9.17, 15) is 4.79 Å². The molecule has 0 aliphatic heterocycles. The molecule has 19 heavy (non-hydrogen) atoms. The molecule has 2 nitrogen and oxygen atoms in total. The molecule has 3 heteroatoms. The van der Waals surface area contributed by atoms with Crippen LogP contribution in [-0.4, -0.2) is 11.7 Å². The van der Waals surface area contributed by atoms with E-state index < -0.39 is 0 Å². The summed E-state index contributed by atoms with van der Waals surface area (Å²) in [7, 11) is 0. The zero-order valence-electron chi connectivity index (χ0n) is 10.8. The Labute approximate surface area is 117 Å². The molecule has 2 rings (SSSR count). The lowest BCUT2D eigenvalue weighted by Gasteiger charge is -2.04. The average molecular weight is 272 g/mol. The number of thioether (sulfide) groups is 1. The molecule has 2 aromatic carbocycles. The summed E-state index contributed by atoms with van der Waals surface area (Å²) in [5.41, 5.74) is 1.24. The Kier molecular flexibility index (Phi) is 5.04. The Morgan fingerprint density at radius 2 is 1.74 bits per heavy atom. The minimum absolute atomic E-state index is 0.189. The largest absolute Gasteiger partial charge is 0.427 e. The van der Waals surface area contributed by atoms with E-state index in [0.717, 1.165) is 5.75 Å². The van der Waals surface area contributed by atoms with Gasteiger partial charge in [0, 0.05) is 10.6 Å². The minimum Gasteiger partial charge on any atom is -0.427 e. The predicted octanol–water partition coefficient (Wildman–Crippen LogP) is 4.08. The quantitative estimate of drug-likeness (QED) is 0.466. The minimum atomic E-state index is -0.189. The van der Waals surface area contributed by atoms with Crippen LogP contribution < -0.4 is 4.74 Å². The molecule has 0 fully saturated rings. The second kappa shape index (κ2) is 7.00. The topological polar surface area (TPSA) is 26.3 Å². The first kappa shape index (κ1) is 13.7. The van der Waals surface area contributed by atoms with Crippen molar-refractivity contribution in [2.45, 2.75) is 18.2 Å². The van der Waals surface area contributed by atoms with Crippen LogP contribution in [0.25, 0.3) is 0 Å². The van der Waals surface area contributed by atoms with Crippen molar-refractivity contribution < 1.29 is 9.53 Å². The number of hydrogen-bond acceptors (Lipinski definition) is 3. The van der Waals surface area contributed by atoms with Gasteiger partial charge in [-0.1, -0.05) is 35.9 Å². The molecule has 0 saturated carbocycles. The molecular weight excluding hydrogens is 256 g/mol. The lowest BCUT2D eigenvalue weighted by Crippen LogP contribution is -2.08. The summed E-state index contributed by atoms with van der Waals surface area (Å²) in [6.07, 6.45) is 0.410. The zero-order valence-corrected chi connectivity index (χ0v) is 11.7. The van der Waals surface area contributed by atoms with Crippen molar-refractivity contribution in [3.63, 3.8) is 0 Å². The number of benzene rings is 2. The fourth-order valence-electron chi connectivity index (χ4n) is 1.56. The Morgan fingerprint density at radius 1 is 1.05 bits per heavy atom. The van der Waals surface area contributed by atoms with Crippen LogP contribution in [0.5, 0.6) is 5.75 Å². The van der Waals surface area contributed by atoms with Gasteiger partial charge in [0.15, 0.2) is 0 Å². The van der Waals surface area contributed by atoms with Crippen LogP contribution >= 0.6 is 11.8 Å². The second-order valence-electron chi connectivity index (χ2n) is 4.20. The highest BCUT2D eigenvalue weighted by atomic mass is 32.2. The van der Waals surface area contributed by atoms with E-state index in [1.54, 1.807) is 23.9 Å². The van der Waals surface area contributed by atoms with E-state index in [2.05, 4.69) is 31.2 Å². The highest BCUT2D eigenvalue weighted by Gasteiger charge is 2.04. The number of carbonyl (C=O) groups is 1. The van der Waals surface area contributed by atoms with E-state index in [1.807, 2.05) is 18.2 Å². The monoisotopic (exact) mass is 272 g/mol. The molecular formula is C16H16O2S. The van der Waals surface area contributed by atoms with Gasteiger partial charge in [-0.15, -0.1) is 11.8 Å². The van der Waals surface area contributed by atoms with Crippen molar-refractivity contribution in [1.82, 2.24) is 0 Å². The predicted molar refractivity (Wildman–Crippen MR) is 78.6 cm³/mol. The van der Waals surface area contributed by atoms with Crippen molar-refractivity contribution in [3.05, 3.63) is 60.2 Å². The maximum atomic E-state index is 11.6. The average Bonchev–Trinajstić information content (AvgIpc) is 2.42. The third-order valence-electron chi connectivity index (χ3n) is 2.57. The van der Waals surface area contributed by atoms with Crippen LogP contribution in [0.2, 0.25) is 0 Å². The van der Waals surface area contributed by atoms with Gasteiger partial charge in [-0.2, -0.15) is 0 Å². The summed E-state index contributed by atoms with van der Waals surface area (Å²) in [6.45, 7) is 2.06. The van der Waals surface area contributed by atoms with Crippen LogP contribution in [-0.2, 0) is 4.79 Å². The van der Waals surface area contributed by atoms with Gasteiger partial charge < -0.3 is 4.74 Å². The van der Waals surface area contributed by atoms with E-state index in [4.69, 9.17) is 4.74 Å². The highest BCUT2D eigenvalue weighted by Crippen LogP contribution is 2.19. The van der Waals surface area contributed by atoms with Crippen molar-refractivity contribution in [2.24, 2.45) is 0 Å². The molecule has 0 atom stereocenters. The number of carbonyl (C=O) groups excluding carboxylic acids is 1. The van der Waals surface area contributed by atoms with Gasteiger partial charge in [0.2, 0.25) is 0 Å². The standard InChI is InChI=1S/C16H16O2S/c1-13-7-9-15(10-8-13)19-12-11-16(17)18-14-5-3-2-4-6-14/h2-10H,11-12H2,1H3. The fourth-order valence-corrected chi connectivity index (χ4v) is 2.39. The first-order valence-electron chi connectivity index (χ1n) is 6.19. The fraction of sp³-hybridized carbons (Fsp3) is 0.188. The summed E-state index contributed by atoms with van der Waals surface area (Å²) in [5, 5.41) is 0. The molecule has 0 bridgehead atoms. The van der Waals surface area contributed by atoms with Gasteiger partial charge in [-0.3, -0.25) is 4.79 Å². The number of ether oxygens (including phenoxy) is 1. The number of esters is 1. The van der Waals surface area contributed by atoms with Gasteiger partial charge in [-0.25, -0.2) is 0 Å².